The van der Waals surface area contributed by atoms with Gasteiger partial charge in [-0.2, -0.15) is 4.98 Å². The molecule has 0 atom stereocenters. The third-order valence-electron chi connectivity index (χ3n) is 3.50. The summed E-state index contributed by atoms with van der Waals surface area (Å²) in [6.45, 7) is 4.10. The molecule has 1 aliphatic rings. The molecule has 1 aromatic carbocycles. The maximum Gasteiger partial charge on any atom is 0.241 e. The topological polar surface area (TPSA) is 54.2 Å². The Bertz CT molecular complexity index is 636. The van der Waals surface area contributed by atoms with Gasteiger partial charge in [0.15, 0.2) is 17.5 Å². The Morgan fingerprint density at radius 3 is 2.61 bits per heavy atom. The zero-order valence-electron chi connectivity index (χ0n) is 12.2. The molecule has 2 aromatic rings. The van der Waals surface area contributed by atoms with E-state index in [0.29, 0.717) is 12.4 Å². The van der Waals surface area contributed by atoms with Crippen molar-refractivity contribution >= 4 is 12.4 Å². The minimum absolute atomic E-state index is 0. The van der Waals surface area contributed by atoms with Gasteiger partial charge in [-0.05, 0) is 31.6 Å². The second-order valence-electron chi connectivity index (χ2n) is 5.15. The lowest BCUT2D eigenvalue weighted by molar-refractivity contribution is 0.239. The average Bonchev–Trinajstić information content (AvgIpc) is 2.80. The van der Waals surface area contributed by atoms with Crippen LogP contribution < -0.4 is 5.32 Å². The fourth-order valence-corrected chi connectivity index (χ4v) is 2.37. The molecule has 2 heterocycles. The van der Waals surface area contributed by atoms with Crippen LogP contribution in [-0.2, 0) is 6.54 Å². The van der Waals surface area contributed by atoms with E-state index in [9.17, 15) is 13.2 Å². The van der Waals surface area contributed by atoms with Crippen LogP contribution in [0.4, 0.5) is 13.2 Å². The zero-order chi connectivity index (χ0) is 15.5. The van der Waals surface area contributed by atoms with E-state index in [0.717, 1.165) is 44.7 Å². The summed E-state index contributed by atoms with van der Waals surface area (Å²) in [4.78, 5) is 6.28. The Morgan fingerprint density at radius 2 is 1.87 bits per heavy atom. The number of aromatic nitrogens is 2. The lowest BCUT2D eigenvalue weighted by atomic mass is 10.2. The first-order valence-corrected chi connectivity index (χ1v) is 7.04. The van der Waals surface area contributed by atoms with E-state index < -0.39 is 17.5 Å². The number of halogens is 4. The van der Waals surface area contributed by atoms with E-state index >= 15 is 0 Å². The Hall–Kier alpha value is -1.64. The summed E-state index contributed by atoms with van der Waals surface area (Å²) in [5.41, 5.74) is 0.0453. The van der Waals surface area contributed by atoms with Crippen LogP contribution in [0.25, 0.3) is 11.4 Å². The normalized spacial score (nSPS) is 16.0. The van der Waals surface area contributed by atoms with Crippen LogP contribution >= 0.6 is 12.4 Å². The van der Waals surface area contributed by atoms with Crippen molar-refractivity contribution in [1.29, 1.82) is 0 Å². The summed E-state index contributed by atoms with van der Waals surface area (Å²) in [7, 11) is 0. The highest BCUT2D eigenvalue weighted by molar-refractivity contribution is 5.85. The fourth-order valence-electron chi connectivity index (χ4n) is 2.37. The lowest BCUT2D eigenvalue weighted by Gasteiger charge is -2.16. The average molecular weight is 349 g/mol. The third kappa shape index (κ3) is 4.21. The van der Waals surface area contributed by atoms with E-state index in [-0.39, 0.29) is 23.8 Å². The van der Waals surface area contributed by atoms with Gasteiger partial charge in [0.05, 0.1) is 6.54 Å². The molecule has 3 rings (SSSR count). The van der Waals surface area contributed by atoms with Gasteiger partial charge in [0.1, 0.15) is 0 Å². The smallest absolute Gasteiger partial charge is 0.241 e. The molecule has 0 unspecified atom stereocenters. The molecule has 0 amide bonds. The van der Waals surface area contributed by atoms with Crippen LogP contribution in [0.15, 0.2) is 16.7 Å². The predicted molar refractivity (Wildman–Crippen MR) is 79.6 cm³/mol. The van der Waals surface area contributed by atoms with Gasteiger partial charge < -0.3 is 9.84 Å². The maximum absolute atomic E-state index is 13.2. The van der Waals surface area contributed by atoms with Gasteiger partial charge in [-0.1, -0.05) is 5.16 Å². The Kier molecular flexibility index (Phi) is 5.97. The summed E-state index contributed by atoms with van der Waals surface area (Å²) in [6.07, 6.45) is 1.02. The maximum atomic E-state index is 13.2. The molecule has 0 spiro atoms. The van der Waals surface area contributed by atoms with Gasteiger partial charge in [-0.3, -0.25) is 4.90 Å². The van der Waals surface area contributed by atoms with Crippen LogP contribution in [0.1, 0.15) is 12.3 Å². The van der Waals surface area contributed by atoms with Gasteiger partial charge in [-0.15, -0.1) is 12.4 Å². The molecule has 0 bridgehead atoms. The highest BCUT2D eigenvalue weighted by Crippen LogP contribution is 2.21. The molecule has 1 saturated heterocycles. The molecule has 1 N–H and O–H groups in total. The monoisotopic (exact) mass is 348 g/mol. The molecular weight excluding hydrogens is 333 g/mol. The number of hydrogen-bond acceptors (Lipinski definition) is 5. The third-order valence-corrected chi connectivity index (χ3v) is 3.50. The van der Waals surface area contributed by atoms with Crippen molar-refractivity contribution in [1.82, 2.24) is 20.4 Å². The fraction of sp³-hybridized carbons (Fsp3) is 0.429. The van der Waals surface area contributed by atoms with E-state index in [1.54, 1.807) is 0 Å². The first kappa shape index (κ1) is 17.7. The molecule has 23 heavy (non-hydrogen) atoms. The summed E-state index contributed by atoms with van der Waals surface area (Å²) >= 11 is 0. The van der Waals surface area contributed by atoms with Gasteiger partial charge >= 0.3 is 0 Å². The number of nitrogens with one attached hydrogen (secondary N) is 1. The van der Waals surface area contributed by atoms with Gasteiger partial charge in [0, 0.05) is 18.7 Å². The Balaban J connectivity index is 0.00000192. The Morgan fingerprint density at radius 1 is 1.13 bits per heavy atom. The summed E-state index contributed by atoms with van der Waals surface area (Å²) in [5, 5.41) is 6.99. The van der Waals surface area contributed by atoms with Gasteiger partial charge in [0.2, 0.25) is 11.7 Å². The van der Waals surface area contributed by atoms with Crippen LogP contribution in [-0.4, -0.2) is 41.2 Å². The molecule has 1 aliphatic heterocycles. The predicted octanol–water partition coefficient (Wildman–Crippen LogP) is 2.37. The second-order valence-corrected chi connectivity index (χ2v) is 5.15. The molecule has 0 aliphatic carbocycles. The molecule has 5 nitrogen and oxygen atoms in total. The number of hydrogen-bond donors (Lipinski definition) is 1. The van der Waals surface area contributed by atoms with Crippen LogP contribution in [0.3, 0.4) is 0 Å². The van der Waals surface area contributed by atoms with Crippen molar-refractivity contribution in [3.63, 3.8) is 0 Å². The zero-order valence-corrected chi connectivity index (χ0v) is 13.0. The number of benzene rings is 1. The summed E-state index contributed by atoms with van der Waals surface area (Å²) in [6, 6.07) is 1.70. The van der Waals surface area contributed by atoms with Crippen molar-refractivity contribution in [3.8, 4) is 11.4 Å². The first-order chi connectivity index (χ1) is 10.6. The Labute approximate surface area is 137 Å². The van der Waals surface area contributed by atoms with Crippen molar-refractivity contribution in [2.75, 3.05) is 26.2 Å². The van der Waals surface area contributed by atoms with E-state index in [4.69, 9.17) is 4.52 Å². The quantitative estimate of drug-likeness (QED) is 0.863. The molecule has 9 heteroatoms. The highest BCUT2D eigenvalue weighted by Gasteiger charge is 2.17. The van der Waals surface area contributed by atoms with Crippen LogP contribution in [0.5, 0.6) is 0 Å². The first-order valence-electron chi connectivity index (χ1n) is 7.04. The van der Waals surface area contributed by atoms with Gasteiger partial charge in [0.25, 0.3) is 0 Å². The largest absolute Gasteiger partial charge is 0.338 e. The molecule has 1 fully saturated rings. The second kappa shape index (κ2) is 7.76. The SMILES string of the molecule is Cl.Fc1cc(-c2noc(CN3CCCNCC3)n2)cc(F)c1F. The van der Waals surface area contributed by atoms with Gasteiger partial charge in [-0.25, -0.2) is 13.2 Å². The number of rotatable bonds is 3. The summed E-state index contributed by atoms with van der Waals surface area (Å²) < 4.78 is 44.5. The lowest BCUT2D eigenvalue weighted by Crippen LogP contribution is -2.27. The van der Waals surface area contributed by atoms with Crippen LogP contribution in [0, 0.1) is 17.5 Å². The highest BCUT2D eigenvalue weighted by atomic mass is 35.5. The summed E-state index contributed by atoms with van der Waals surface area (Å²) in [5.74, 6) is -3.66. The number of nitrogens with zero attached hydrogens (tertiary/aromatic N) is 3. The van der Waals surface area contributed by atoms with Crippen LogP contribution in [0.2, 0.25) is 0 Å². The minimum Gasteiger partial charge on any atom is -0.338 e. The molecule has 0 radical (unpaired) electrons. The molecule has 0 saturated carbocycles. The minimum atomic E-state index is -1.51. The van der Waals surface area contributed by atoms with Crippen molar-refractivity contribution in [3.05, 3.63) is 35.5 Å². The van der Waals surface area contributed by atoms with E-state index in [2.05, 4.69) is 20.4 Å². The molecule has 1 aromatic heterocycles. The molecule has 126 valence electrons. The van der Waals surface area contributed by atoms with Crippen molar-refractivity contribution < 1.29 is 17.7 Å². The van der Waals surface area contributed by atoms with Crippen molar-refractivity contribution in [2.45, 2.75) is 13.0 Å². The van der Waals surface area contributed by atoms with E-state index in [1.807, 2.05) is 0 Å². The molecular formula is C14H16ClF3N4O. The standard InChI is InChI=1S/C14H15F3N4O.ClH/c15-10-6-9(7-11(16)13(10)17)14-19-12(22-20-14)8-21-4-1-2-18-3-5-21;/h6-7,18H,1-5,8H2;1H. The van der Waals surface area contributed by atoms with E-state index in [1.165, 1.54) is 0 Å². The van der Waals surface area contributed by atoms with Crippen molar-refractivity contribution in [2.24, 2.45) is 0 Å².